The van der Waals surface area contributed by atoms with Crippen molar-refractivity contribution in [1.29, 1.82) is 0 Å². The van der Waals surface area contributed by atoms with Crippen LogP contribution in [0.3, 0.4) is 0 Å². The zero-order chi connectivity index (χ0) is 20.3. The summed E-state index contributed by atoms with van der Waals surface area (Å²) in [6.07, 6.45) is -0.669. The van der Waals surface area contributed by atoms with Crippen molar-refractivity contribution in [2.75, 3.05) is 6.61 Å². The molecule has 5 rings (SSSR count). The molecule has 1 N–H and O–H groups in total. The molecule has 0 spiro atoms. The van der Waals surface area contributed by atoms with Gasteiger partial charge in [-0.1, -0.05) is 65.1 Å². The highest BCUT2D eigenvalue weighted by Gasteiger charge is 2.13. The number of hydrogen-bond donors (Lipinski definition) is 1. The Balaban J connectivity index is 1.47. The van der Waals surface area contributed by atoms with Crippen LogP contribution in [-0.2, 0) is 6.54 Å². The lowest BCUT2D eigenvalue weighted by Gasteiger charge is -2.14. The summed E-state index contributed by atoms with van der Waals surface area (Å²) in [4.78, 5) is 10.3. The molecule has 0 bridgehead atoms. The summed E-state index contributed by atoms with van der Waals surface area (Å²) in [7, 11) is 0. The fourth-order valence-electron chi connectivity index (χ4n) is 3.24. The van der Waals surface area contributed by atoms with Crippen LogP contribution in [0, 0.1) is 0 Å². The first kappa shape index (κ1) is 19.0. The minimum Gasteiger partial charge on any atom is -0.491 e. The van der Waals surface area contributed by atoms with Crippen LogP contribution in [0.4, 0.5) is 5.13 Å². The number of aliphatic hydroxyl groups is 1. The lowest BCUT2D eigenvalue weighted by Crippen LogP contribution is -2.28. The average Bonchev–Trinajstić information content (AvgIpc) is 3.34. The van der Waals surface area contributed by atoms with E-state index < -0.39 is 6.10 Å². The van der Waals surface area contributed by atoms with E-state index in [1.54, 1.807) is 22.7 Å². The van der Waals surface area contributed by atoms with Crippen molar-refractivity contribution in [3.63, 3.8) is 0 Å². The average molecular weight is 434 g/mol. The van der Waals surface area contributed by atoms with Gasteiger partial charge in [0, 0.05) is 0 Å². The number of fused-ring (bicyclic) bond motifs is 2. The van der Waals surface area contributed by atoms with Gasteiger partial charge in [0.15, 0.2) is 4.80 Å². The third kappa shape index (κ3) is 4.00. The van der Waals surface area contributed by atoms with E-state index in [9.17, 15) is 5.11 Å². The van der Waals surface area contributed by atoms with Gasteiger partial charge in [0.2, 0.25) is 5.13 Å². The molecule has 0 radical (unpaired) electrons. The third-order valence-electron chi connectivity index (χ3n) is 4.64. The number of nitrogens with zero attached hydrogens (tertiary/aromatic N) is 3. The molecule has 1 atom stereocenters. The summed E-state index contributed by atoms with van der Waals surface area (Å²) in [6.45, 7) is 0.600. The van der Waals surface area contributed by atoms with Gasteiger partial charge in [-0.2, -0.15) is 4.99 Å². The van der Waals surface area contributed by atoms with E-state index in [-0.39, 0.29) is 6.61 Å². The molecule has 0 aliphatic heterocycles. The predicted molar refractivity (Wildman–Crippen MR) is 123 cm³/mol. The molecule has 0 aliphatic carbocycles. The summed E-state index contributed by atoms with van der Waals surface area (Å²) in [5, 5.41) is 11.4. The van der Waals surface area contributed by atoms with Gasteiger partial charge in [-0.05, 0) is 36.4 Å². The maximum absolute atomic E-state index is 10.7. The normalized spacial score (nSPS) is 13.2. The van der Waals surface area contributed by atoms with Crippen molar-refractivity contribution in [2.24, 2.45) is 4.99 Å². The number of rotatable bonds is 6. The van der Waals surface area contributed by atoms with Crippen LogP contribution in [0.25, 0.3) is 20.4 Å². The largest absolute Gasteiger partial charge is 0.491 e. The van der Waals surface area contributed by atoms with E-state index in [4.69, 9.17) is 9.73 Å². The molecule has 0 amide bonds. The standard InChI is InChI=1S/C23H19N3O2S2/c27-16(15-28-17-8-2-1-3-9-17)14-26-19-11-5-7-13-21(19)30-23(26)25-22-24-18-10-4-6-12-20(18)29-22/h1-13,16,27H,14-15H2. The fraction of sp³-hybridized carbons (Fsp3) is 0.130. The molecule has 5 aromatic rings. The van der Waals surface area contributed by atoms with Crippen molar-refractivity contribution in [3.8, 4) is 5.75 Å². The Morgan fingerprint density at radius 3 is 2.47 bits per heavy atom. The first-order valence-corrected chi connectivity index (χ1v) is 11.2. The maximum Gasteiger partial charge on any atom is 0.212 e. The predicted octanol–water partition coefficient (Wildman–Crippen LogP) is 4.98. The van der Waals surface area contributed by atoms with Crippen LogP contribution < -0.4 is 9.54 Å². The number of thiazole rings is 2. The lowest BCUT2D eigenvalue weighted by molar-refractivity contribution is 0.0929. The monoisotopic (exact) mass is 433 g/mol. The number of aliphatic hydroxyl groups excluding tert-OH is 1. The quantitative estimate of drug-likeness (QED) is 0.411. The smallest absolute Gasteiger partial charge is 0.212 e. The molecule has 3 aromatic carbocycles. The second-order valence-electron chi connectivity index (χ2n) is 6.82. The molecule has 7 heteroatoms. The van der Waals surface area contributed by atoms with Crippen molar-refractivity contribution in [1.82, 2.24) is 9.55 Å². The number of aromatic nitrogens is 2. The van der Waals surface area contributed by atoms with Gasteiger partial charge in [0.05, 0.1) is 27.0 Å². The minimum atomic E-state index is -0.669. The molecule has 150 valence electrons. The van der Waals surface area contributed by atoms with Crippen LogP contribution in [0.5, 0.6) is 5.75 Å². The Morgan fingerprint density at radius 1 is 0.900 bits per heavy atom. The van der Waals surface area contributed by atoms with Crippen molar-refractivity contribution < 1.29 is 9.84 Å². The zero-order valence-corrected chi connectivity index (χ0v) is 17.6. The van der Waals surface area contributed by atoms with E-state index >= 15 is 0 Å². The highest BCUT2D eigenvalue weighted by atomic mass is 32.1. The number of hydrogen-bond acceptors (Lipinski definition) is 6. The van der Waals surface area contributed by atoms with Gasteiger partial charge in [-0.25, -0.2) is 4.98 Å². The Kier molecular flexibility index (Phi) is 5.31. The van der Waals surface area contributed by atoms with E-state index in [1.165, 1.54) is 0 Å². The van der Waals surface area contributed by atoms with Crippen molar-refractivity contribution in [3.05, 3.63) is 83.7 Å². The third-order valence-corrected chi connectivity index (χ3v) is 6.63. The molecule has 5 nitrogen and oxygen atoms in total. The van der Waals surface area contributed by atoms with E-state index in [2.05, 4.69) is 17.1 Å². The summed E-state index contributed by atoms with van der Waals surface area (Å²) < 4.78 is 10.0. The number of benzene rings is 3. The highest BCUT2D eigenvalue weighted by molar-refractivity contribution is 7.22. The molecule has 0 aliphatic rings. The van der Waals surface area contributed by atoms with E-state index in [0.717, 1.165) is 31.0 Å². The molecule has 2 heterocycles. The lowest BCUT2D eigenvalue weighted by atomic mass is 10.3. The SMILES string of the molecule is OC(COc1ccccc1)Cn1c(=Nc2nc3ccccc3s2)sc2ccccc21. The Labute approximate surface area is 181 Å². The summed E-state index contributed by atoms with van der Waals surface area (Å²) in [6, 6.07) is 25.7. The van der Waals surface area contributed by atoms with Gasteiger partial charge in [0.25, 0.3) is 0 Å². The van der Waals surface area contributed by atoms with Crippen LogP contribution in [0.15, 0.2) is 83.9 Å². The van der Waals surface area contributed by atoms with Gasteiger partial charge in [-0.3, -0.25) is 0 Å². The topological polar surface area (TPSA) is 59.6 Å². The second-order valence-corrected chi connectivity index (χ2v) is 8.84. The van der Waals surface area contributed by atoms with Gasteiger partial charge < -0.3 is 14.4 Å². The minimum absolute atomic E-state index is 0.210. The van der Waals surface area contributed by atoms with Gasteiger partial charge >= 0.3 is 0 Å². The van der Waals surface area contributed by atoms with E-state index in [1.807, 2.05) is 71.3 Å². The molecule has 0 saturated heterocycles. The first-order chi connectivity index (χ1) is 14.8. The zero-order valence-electron chi connectivity index (χ0n) is 16.0. The van der Waals surface area contributed by atoms with Crippen LogP contribution >= 0.6 is 22.7 Å². The van der Waals surface area contributed by atoms with Crippen LogP contribution in [0.2, 0.25) is 0 Å². The second kappa shape index (κ2) is 8.39. The Bertz CT molecular complexity index is 1320. The fourth-order valence-corrected chi connectivity index (χ4v) is 5.18. The Morgan fingerprint density at radius 2 is 1.63 bits per heavy atom. The summed E-state index contributed by atoms with van der Waals surface area (Å²) >= 11 is 3.16. The molecular formula is C23H19N3O2S2. The Hall–Kier alpha value is -3.00. The van der Waals surface area contributed by atoms with Crippen molar-refractivity contribution >= 4 is 48.2 Å². The maximum atomic E-state index is 10.7. The summed E-state index contributed by atoms with van der Waals surface area (Å²) in [5.41, 5.74) is 1.99. The van der Waals surface area contributed by atoms with Crippen LogP contribution in [0.1, 0.15) is 0 Å². The van der Waals surface area contributed by atoms with E-state index in [0.29, 0.717) is 11.7 Å². The summed E-state index contributed by atoms with van der Waals surface area (Å²) in [5.74, 6) is 0.746. The molecule has 30 heavy (non-hydrogen) atoms. The molecule has 2 aromatic heterocycles. The van der Waals surface area contributed by atoms with Crippen molar-refractivity contribution in [2.45, 2.75) is 12.6 Å². The molecular weight excluding hydrogens is 414 g/mol. The van der Waals surface area contributed by atoms with Gasteiger partial charge in [-0.15, -0.1) is 0 Å². The molecule has 1 unspecified atom stereocenters. The molecule has 0 fully saturated rings. The van der Waals surface area contributed by atoms with Gasteiger partial charge in [0.1, 0.15) is 18.5 Å². The molecule has 0 saturated carbocycles. The number of ether oxygens (including phenoxy) is 1. The highest BCUT2D eigenvalue weighted by Crippen LogP contribution is 2.28. The first-order valence-electron chi connectivity index (χ1n) is 9.61. The van der Waals surface area contributed by atoms with Crippen LogP contribution in [-0.4, -0.2) is 27.4 Å². The number of para-hydroxylation sites is 3.